The molecule has 0 amide bonds. The van der Waals surface area contributed by atoms with E-state index < -0.39 is 0 Å². The molecule has 0 aliphatic heterocycles. The van der Waals surface area contributed by atoms with Crippen LogP contribution in [0.4, 0.5) is 34.1 Å². The summed E-state index contributed by atoms with van der Waals surface area (Å²) in [6.07, 6.45) is 1.73. The van der Waals surface area contributed by atoms with Crippen molar-refractivity contribution in [1.29, 1.82) is 0 Å². The van der Waals surface area contributed by atoms with Gasteiger partial charge in [-0.3, -0.25) is 0 Å². The molecule has 0 spiro atoms. The summed E-state index contributed by atoms with van der Waals surface area (Å²) in [6, 6.07) is 102. The molecular weight excluding hydrogens is 1020 g/mol. The summed E-state index contributed by atoms with van der Waals surface area (Å²) in [4.78, 5) is 4.92. The number of anilines is 6. The van der Waals surface area contributed by atoms with Gasteiger partial charge >= 0.3 is 0 Å². The van der Waals surface area contributed by atoms with Crippen molar-refractivity contribution in [2.45, 2.75) is 26.7 Å². The van der Waals surface area contributed by atoms with Crippen molar-refractivity contribution in [3.63, 3.8) is 0 Å². The Kier molecular flexibility index (Phi) is 11.8. The highest BCUT2D eigenvalue weighted by Gasteiger charge is 2.28. The third-order valence-corrected chi connectivity index (χ3v) is 17.3. The van der Waals surface area contributed by atoms with Crippen LogP contribution in [0.1, 0.15) is 25.0 Å². The molecule has 2 heterocycles. The average Bonchev–Trinajstić information content (AvgIpc) is 1.64. The number of nitrogens with zero attached hydrogens (tertiary/aromatic N) is 2. The van der Waals surface area contributed by atoms with E-state index in [9.17, 15) is 0 Å². The van der Waals surface area contributed by atoms with E-state index in [2.05, 4.69) is 303 Å². The highest BCUT2D eigenvalue weighted by Crippen LogP contribution is 2.52. The summed E-state index contributed by atoms with van der Waals surface area (Å²) in [6.45, 7) is 4.41. The van der Waals surface area contributed by atoms with Crippen molar-refractivity contribution < 1.29 is 8.83 Å². The maximum atomic E-state index is 7.19. The topological polar surface area (TPSA) is 32.8 Å². The first-order valence-corrected chi connectivity index (χ1v) is 29.3. The minimum Gasteiger partial charge on any atom is -0.454 e. The maximum absolute atomic E-state index is 7.19. The van der Waals surface area contributed by atoms with Crippen LogP contribution in [0.25, 0.3) is 121 Å². The summed E-state index contributed by atoms with van der Waals surface area (Å²) < 4.78 is 14.4. The molecule has 0 bridgehead atoms. The second kappa shape index (κ2) is 20.1. The molecule has 0 N–H and O–H groups in total. The Morgan fingerprint density at radius 1 is 0.250 bits per heavy atom. The van der Waals surface area contributed by atoms with Gasteiger partial charge in [-0.25, -0.2) is 0 Å². The van der Waals surface area contributed by atoms with E-state index >= 15 is 0 Å². The average molecular weight is 1080 g/mol. The second-order valence-electron chi connectivity index (χ2n) is 22.1. The third kappa shape index (κ3) is 8.05. The minimum atomic E-state index is 0.849. The highest BCUT2D eigenvalue weighted by atomic mass is 16.3. The van der Waals surface area contributed by atoms with Gasteiger partial charge in [0, 0.05) is 43.7 Å². The number of benzene rings is 14. The van der Waals surface area contributed by atoms with Gasteiger partial charge in [0.05, 0.1) is 22.7 Å². The number of para-hydroxylation sites is 4. The van der Waals surface area contributed by atoms with Crippen LogP contribution in [0.2, 0.25) is 0 Å². The van der Waals surface area contributed by atoms with Crippen molar-refractivity contribution in [1.82, 2.24) is 0 Å². The van der Waals surface area contributed by atoms with Crippen LogP contribution in [0.15, 0.2) is 288 Å². The van der Waals surface area contributed by atoms with Crippen molar-refractivity contribution >= 4 is 110 Å². The molecule has 0 aliphatic rings. The number of fused-ring (bicyclic) bond motifs is 6. The lowest BCUT2D eigenvalue weighted by Gasteiger charge is -2.30. The van der Waals surface area contributed by atoms with Crippen LogP contribution < -0.4 is 9.80 Å². The zero-order valence-corrected chi connectivity index (χ0v) is 46.7. The second-order valence-corrected chi connectivity index (χ2v) is 22.1. The molecule has 16 rings (SSSR count). The van der Waals surface area contributed by atoms with Crippen molar-refractivity contribution in [3.05, 3.63) is 290 Å². The fourth-order valence-corrected chi connectivity index (χ4v) is 13.3. The van der Waals surface area contributed by atoms with Gasteiger partial charge in [-0.15, -0.1) is 0 Å². The van der Waals surface area contributed by atoms with E-state index in [1.165, 1.54) is 21.9 Å². The third-order valence-electron chi connectivity index (χ3n) is 17.3. The predicted octanol–water partition coefficient (Wildman–Crippen LogP) is 23.1. The zero-order valence-electron chi connectivity index (χ0n) is 46.7. The fraction of sp³-hybridized carbons (Fsp3) is 0.0500. The Bertz CT molecular complexity index is 4720. The fourth-order valence-electron chi connectivity index (χ4n) is 13.3. The molecule has 4 heteroatoms. The lowest BCUT2D eigenvalue weighted by atomic mass is 9.91. The standard InChI is InChI=1S/C80H56N2O2/c1-3-51-29-17-31-65-67-33-19-35-73(79(67)83-77(51)65)81(63-47-59(53-21-9-5-10-22-53)45-60(48-63)54-23-11-6-12-24-54)71-43-39-57-38-42-70-72(44-40-58-37-41-69(71)75(57)76(58)70)82(74-36-20-34-68-66-32-18-30-52(4-2)78(66)84-80(68)74)64-49-61(55-25-13-7-14-26-55)46-62(50-64)56-27-15-8-16-28-56/h5-50H,3-4H2,1-2H3. The summed E-state index contributed by atoms with van der Waals surface area (Å²) in [5, 5.41) is 11.4. The molecule has 0 fully saturated rings. The molecule has 4 nitrogen and oxygen atoms in total. The van der Waals surface area contributed by atoms with Gasteiger partial charge in [-0.2, -0.15) is 0 Å². The van der Waals surface area contributed by atoms with Gasteiger partial charge in [-0.05, 0) is 151 Å². The summed E-state index contributed by atoms with van der Waals surface area (Å²) >= 11 is 0. The molecule has 14 aromatic carbocycles. The molecule has 0 radical (unpaired) electrons. The molecule has 16 aromatic rings. The number of rotatable bonds is 12. The largest absolute Gasteiger partial charge is 0.454 e. The first kappa shape index (κ1) is 49.2. The van der Waals surface area contributed by atoms with Crippen molar-refractivity contribution in [2.24, 2.45) is 0 Å². The number of aryl methyl sites for hydroxylation is 2. The Hall–Kier alpha value is -10.7. The number of hydrogen-bond donors (Lipinski definition) is 0. The van der Waals surface area contributed by atoms with E-state index in [0.717, 1.165) is 157 Å². The lowest BCUT2D eigenvalue weighted by Crippen LogP contribution is -2.12. The van der Waals surface area contributed by atoms with Crippen LogP contribution in [0.3, 0.4) is 0 Å². The van der Waals surface area contributed by atoms with E-state index in [-0.39, 0.29) is 0 Å². The van der Waals surface area contributed by atoms with Crippen molar-refractivity contribution in [2.75, 3.05) is 9.80 Å². The summed E-state index contributed by atoms with van der Waals surface area (Å²) in [5.74, 6) is 0. The van der Waals surface area contributed by atoms with Crippen LogP contribution in [-0.2, 0) is 12.8 Å². The van der Waals surface area contributed by atoms with Gasteiger partial charge in [0.25, 0.3) is 0 Å². The van der Waals surface area contributed by atoms with Crippen LogP contribution >= 0.6 is 0 Å². The summed E-state index contributed by atoms with van der Waals surface area (Å²) in [7, 11) is 0. The van der Waals surface area contributed by atoms with E-state index in [1.54, 1.807) is 0 Å². The first-order chi connectivity index (χ1) is 41.6. The zero-order chi connectivity index (χ0) is 55.8. The van der Waals surface area contributed by atoms with Crippen LogP contribution in [0, 0.1) is 0 Å². The molecule has 0 unspecified atom stereocenters. The lowest BCUT2D eigenvalue weighted by molar-refractivity contribution is 0.663. The van der Waals surface area contributed by atoms with E-state index in [1.807, 2.05) is 0 Å². The molecule has 0 saturated carbocycles. The molecule has 0 aliphatic carbocycles. The molecule has 0 atom stereocenters. The van der Waals surface area contributed by atoms with Gasteiger partial charge in [0.1, 0.15) is 11.2 Å². The van der Waals surface area contributed by atoms with Gasteiger partial charge in [-0.1, -0.05) is 232 Å². The molecule has 2 aromatic heterocycles. The van der Waals surface area contributed by atoms with E-state index in [4.69, 9.17) is 8.83 Å². The normalized spacial score (nSPS) is 11.8. The molecule has 398 valence electrons. The van der Waals surface area contributed by atoms with E-state index in [0.29, 0.717) is 0 Å². The predicted molar refractivity (Wildman–Crippen MR) is 355 cm³/mol. The Balaban J connectivity index is 0.986. The van der Waals surface area contributed by atoms with Gasteiger partial charge in [0.2, 0.25) is 0 Å². The quantitative estimate of drug-likeness (QED) is 0.114. The molecule has 84 heavy (non-hydrogen) atoms. The van der Waals surface area contributed by atoms with Gasteiger partial charge in [0.15, 0.2) is 11.2 Å². The van der Waals surface area contributed by atoms with Crippen LogP contribution in [0.5, 0.6) is 0 Å². The SMILES string of the molecule is CCc1cccc2c1oc1c(N(c3cc(-c4ccccc4)cc(-c4ccccc4)c3)c3ccc4ccc5c(N(c6cc(-c7ccccc7)cc(-c7ccccc7)c6)c6cccc7c6oc6c(CC)cccc67)ccc6ccc3c4c65)cccc12. The smallest absolute Gasteiger partial charge is 0.159 e. The molecule has 0 saturated heterocycles. The summed E-state index contributed by atoms with van der Waals surface area (Å²) in [5.41, 5.74) is 21.1. The molecular formula is C80H56N2O2. The Morgan fingerprint density at radius 3 is 0.917 bits per heavy atom. The number of hydrogen-bond acceptors (Lipinski definition) is 4. The van der Waals surface area contributed by atoms with Gasteiger partial charge < -0.3 is 18.6 Å². The maximum Gasteiger partial charge on any atom is 0.159 e. The Morgan fingerprint density at radius 2 is 0.571 bits per heavy atom. The van der Waals surface area contributed by atoms with Crippen LogP contribution in [-0.4, -0.2) is 0 Å². The monoisotopic (exact) mass is 1080 g/mol. The Labute approximate surface area is 487 Å². The first-order valence-electron chi connectivity index (χ1n) is 29.3. The highest BCUT2D eigenvalue weighted by molar-refractivity contribution is 6.29. The minimum absolute atomic E-state index is 0.849. The van der Waals surface area contributed by atoms with Crippen molar-refractivity contribution in [3.8, 4) is 44.5 Å². The number of furan rings is 2.